The van der Waals surface area contributed by atoms with E-state index < -0.39 is 0 Å². The van der Waals surface area contributed by atoms with Crippen molar-refractivity contribution in [2.24, 2.45) is 0 Å². The number of thioether (sulfide) groups is 1. The van der Waals surface area contributed by atoms with Gasteiger partial charge in [0.2, 0.25) is 5.91 Å². The average Bonchev–Trinajstić information content (AvgIpc) is 2.47. The maximum Gasteiger partial charge on any atom is 0.234 e. The number of nitrogen functional groups attached to an aromatic ring is 1. The fraction of sp³-hybridized carbons (Fsp3) is 0.143. The number of carbonyl (C=O) groups is 2. The maximum atomic E-state index is 11.8. The molecule has 3 N–H and O–H groups in total. The number of Topliss-reactive ketones (excluding diaryl/α,β-unsaturated/α-hetero) is 1. The highest BCUT2D eigenvalue weighted by atomic mass is 32.2. The van der Waals surface area contributed by atoms with Crippen LogP contribution in [-0.4, -0.2) is 27.4 Å². The Bertz CT molecular complexity index is 658. The first kappa shape index (κ1) is 15.0. The molecule has 6 nitrogen and oxygen atoms in total. The summed E-state index contributed by atoms with van der Waals surface area (Å²) in [5.74, 6) is 0.292. The quantitative estimate of drug-likeness (QED) is 0.647. The Morgan fingerprint density at radius 1 is 1.19 bits per heavy atom. The summed E-state index contributed by atoms with van der Waals surface area (Å²) >= 11 is 1.22. The molecule has 2 rings (SSSR count). The Morgan fingerprint density at radius 3 is 2.48 bits per heavy atom. The molecule has 0 spiro atoms. The van der Waals surface area contributed by atoms with Crippen molar-refractivity contribution in [2.45, 2.75) is 11.9 Å². The third kappa shape index (κ3) is 4.28. The van der Waals surface area contributed by atoms with E-state index in [0.717, 1.165) is 0 Å². The lowest BCUT2D eigenvalue weighted by molar-refractivity contribution is -0.113. The standard InChI is InChI=1S/C14H14N4O2S/c1-9(19)10-2-4-11(5-3-10)18-12(20)8-21-14-13(15)16-6-7-17-14/h2-7H,8H2,1H3,(H2,15,16)(H,18,20). The number of benzene rings is 1. The van der Waals surface area contributed by atoms with Crippen molar-refractivity contribution in [1.29, 1.82) is 0 Å². The van der Waals surface area contributed by atoms with E-state index in [1.54, 1.807) is 24.3 Å². The molecule has 0 fully saturated rings. The van der Waals surface area contributed by atoms with Crippen LogP contribution in [0.15, 0.2) is 41.7 Å². The third-order valence-corrected chi connectivity index (χ3v) is 3.60. The van der Waals surface area contributed by atoms with Gasteiger partial charge < -0.3 is 11.1 Å². The fourth-order valence-corrected chi connectivity index (χ4v) is 2.24. The van der Waals surface area contributed by atoms with Crippen LogP contribution in [0.4, 0.5) is 11.5 Å². The molecule has 0 atom stereocenters. The number of nitrogens with two attached hydrogens (primary N) is 1. The van der Waals surface area contributed by atoms with Gasteiger partial charge in [-0.1, -0.05) is 11.8 Å². The van der Waals surface area contributed by atoms with E-state index in [2.05, 4.69) is 15.3 Å². The second kappa shape index (κ2) is 6.85. The van der Waals surface area contributed by atoms with Gasteiger partial charge in [0, 0.05) is 23.6 Å². The molecule has 0 saturated carbocycles. The molecular formula is C14H14N4O2S. The number of ketones is 1. The van der Waals surface area contributed by atoms with E-state index in [9.17, 15) is 9.59 Å². The predicted molar refractivity (Wildman–Crippen MR) is 82.2 cm³/mol. The van der Waals surface area contributed by atoms with E-state index >= 15 is 0 Å². The van der Waals surface area contributed by atoms with Crippen LogP contribution in [0.1, 0.15) is 17.3 Å². The van der Waals surface area contributed by atoms with Crippen LogP contribution in [0.2, 0.25) is 0 Å². The minimum Gasteiger partial charge on any atom is -0.381 e. The maximum absolute atomic E-state index is 11.8. The summed E-state index contributed by atoms with van der Waals surface area (Å²) in [5.41, 5.74) is 6.89. The Kier molecular flexibility index (Phi) is 4.89. The van der Waals surface area contributed by atoms with E-state index in [0.29, 0.717) is 22.1 Å². The summed E-state index contributed by atoms with van der Waals surface area (Å²) in [7, 11) is 0. The smallest absolute Gasteiger partial charge is 0.234 e. The van der Waals surface area contributed by atoms with Crippen LogP contribution >= 0.6 is 11.8 Å². The Morgan fingerprint density at radius 2 is 1.86 bits per heavy atom. The van der Waals surface area contributed by atoms with Gasteiger partial charge in [0.15, 0.2) is 11.6 Å². The number of nitrogens with zero attached hydrogens (tertiary/aromatic N) is 2. The van der Waals surface area contributed by atoms with E-state index in [4.69, 9.17) is 5.73 Å². The fourth-order valence-electron chi connectivity index (χ4n) is 1.57. The molecule has 1 amide bonds. The van der Waals surface area contributed by atoms with Crippen molar-refractivity contribution in [3.63, 3.8) is 0 Å². The van der Waals surface area contributed by atoms with Crippen LogP contribution in [0.5, 0.6) is 0 Å². The molecular weight excluding hydrogens is 288 g/mol. The molecule has 7 heteroatoms. The van der Waals surface area contributed by atoms with Crippen molar-refractivity contribution >= 4 is 35.0 Å². The summed E-state index contributed by atoms with van der Waals surface area (Å²) < 4.78 is 0. The van der Waals surface area contributed by atoms with Crippen LogP contribution in [0.25, 0.3) is 0 Å². The zero-order chi connectivity index (χ0) is 15.2. The summed E-state index contributed by atoms with van der Waals surface area (Å²) in [5, 5.41) is 3.27. The second-order valence-electron chi connectivity index (χ2n) is 4.22. The number of amides is 1. The van der Waals surface area contributed by atoms with Crippen LogP contribution < -0.4 is 11.1 Å². The van der Waals surface area contributed by atoms with Crippen molar-refractivity contribution in [2.75, 3.05) is 16.8 Å². The summed E-state index contributed by atoms with van der Waals surface area (Å²) in [6, 6.07) is 6.73. The van der Waals surface area contributed by atoms with Gasteiger partial charge in [0.05, 0.1) is 5.75 Å². The van der Waals surface area contributed by atoms with E-state index in [-0.39, 0.29) is 17.4 Å². The largest absolute Gasteiger partial charge is 0.381 e. The number of aromatic nitrogens is 2. The lowest BCUT2D eigenvalue weighted by atomic mass is 10.1. The lowest BCUT2D eigenvalue weighted by Gasteiger charge is -2.06. The van der Waals surface area contributed by atoms with E-state index in [1.807, 2.05) is 0 Å². The SMILES string of the molecule is CC(=O)c1ccc(NC(=O)CSc2nccnc2N)cc1. The van der Waals surface area contributed by atoms with Crippen molar-refractivity contribution in [3.05, 3.63) is 42.2 Å². The average molecular weight is 302 g/mol. The van der Waals surface area contributed by atoms with Crippen molar-refractivity contribution in [1.82, 2.24) is 9.97 Å². The Labute approximate surface area is 126 Å². The number of anilines is 2. The van der Waals surface area contributed by atoms with Crippen LogP contribution in [-0.2, 0) is 4.79 Å². The van der Waals surface area contributed by atoms with Gasteiger partial charge in [-0.15, -0.1) is 0 Å². The van der Waals surface area contributed by atoms with Gasteiger partial charge in [0.1, 0.15) is 5.03 Å². The molecule has 0 aliphatic rings. The molecule has 0 bridgehead atoms. The first-order valence-corrected chi connectivity index (χ1v) is 7.15. The molecule has 1 aromatic heterocycles. The molecule has 2 aromatic rings. The summed E-state index contributed by atoms with van der Waals surface area (Å²) in [6.45, 7) is 1.50. The molecule has 0 aliphatic heterocycles. The topological polar surface area (TPSA) is 98.0 Å². The predicted octanol–water partition coefficient (Wildman–Crippen LogP) is 1.99. The molecule has 0 radical (unpaired) electrons. The van der Waals surface area contributed by atoms with Crippen molar-refractivity contribution in [3.8, 4) is 0 Å². The summed E-state index contributed by atoms with van der Waals surface area (Å²) in [4.78, 5) is 30.9. The number of hydrogen-bond donors (Lipinski definition) is 2. The first-order valence-electron chi connectivity index (χ1n) is 6.16. The second-order valence-corrected chi connectivity index (χ2v) is 5.18. The number of hydrogen-bond acceptors (Lipinski definition) is 6. The normalized spacial score (nSPS) is 10.1. The third-order valence-electron chi connectivity index (χ3n) is 2.61. The van der Waals surface area contributed by atoms with Crippen LogP contribution in [0, 0.1) is 0 Å². The minimum atomic E-state index is -0.180. The highest BCUT2D eigenvalue weighted by molar-refractivity contribution is 8.00. The molecule has 21 heavy (non-hydrogen) atoms. The van der Waals surface area contributed by atoms with Gasteiger partial charge in [-0.3, -0.25) is 9.59 Å². The molecule has 1 heterocycles. The van der Waals surface area contributed by atoms with Gasteiger partial charge >= 0.3 is 0 Å². The van der Waals surface area contributed by atoms with Gasteiger partial charge in [-0.05, 0) is 31.2 Å². The molecule has 0 unspecified atom stereocenters. The number of nitrogens with one attached hydrogen (secondary N) is 1. The van der Waals surface area contributed by atoms with Gasteiger partial charge in [-0.25, -0.2) is 9.97 Å². The zero-order valence-corrected chi connectivity index (χ0v) is 12.2. The molecule has 108 valence electrons. The molecule has 1 aromatic carbocycles. The minimum absolute atomic E-state index is 0.0124. The van der Waals surface area contributed by atoms with Crippen molar-refractivity contribution < 1.29 is 9.59 Å². The molecule has 0 aliphatic carbocycles. The Balaban J connectivity index is 1.90. The monoisotopic (exact) mass is 302 g/mol. The summed E-state index contributed by atoms with van der Waals surface area (Å²) in [6.07, 6.45) is 3.02. The van der Waals surface area contributed by atoms with E-state index in [1.165, 1.54) is 31.1 Å². The number of carbonyl (C=O) groups excluding carboxylic acids is 2. The molecule has 0 saturated heterocycles. The lowest BCUT2D eigenvalue weighted by Crippen LogP contribution is -2.14. The first-order chi connectivity index (χ1) is 10.1. The highest BCUT2D eigenvalue weighted by Crippen LogP contribution is 2.20. The van der Waals surface area contributed by atoms with Gasteiger partial charge in [-0.2, -0.15) is 0 Å². The van der Waals surface area contributed by atoms with Crippen LogP contribution in [0.3, 0.4) is 0 Å². The van der Waals surface area contributed by atoms with Gasteiger partial charge in [0.25, 0.3) is 0 Å². The Hall–Kier alpha value is -2.41. The highest BCUT2D eigenvalue weighted by Gasteiger charge is 2.07. The zero-order valence-electron chi connectivity index (χ0n) is 11.4. The number of rotatable bonds is 5.